The topological polar surface area (TPSA) is 92.2 Å². The van der Waals surface area contributed by atoms with Gasteiger partial charge in [0.1, 0.15) is 0 Å². The van der Waals surface area contributed by atoms with Gasteiger partial charge in [0.25, 0.3) is 0 Å². The van der Waals surface area contributed by atoms with E-state index in [0.29, 0.717) is 0 Å². The summed E-state index contributed by atoms with van der Waals surface area (Å²) in [5.74, 6) is 0. The third kappa shape index (κ3) is 19.7. The van der Waals surface area contributed by atoms with Gasteiger partial charge in [0.2, 0.25) is 0 Å². The molecule has 0 aliphatic heterocycles. The second-order valence-electron chi connectivity index (χ2n) is 7.34. The van der Waals surface area contributed by atoms with Crippen molar-refractivity contribution in [3.8, 4) is 0 Å². The standard InChI is InChI=1S/C26H24P2.CH2Cl2.CF3.ClHO4.Pt/c1-5-13-23(14-6-1)27(24-15-7-2-8-16-24)21-22-28(25-17-9-3-10-18-25)26-19-11-4-12-20-26;2-1-3;2-1(3)4;2-1(3,4)5;/h1-20H,21-22H2;1H2;;(H,2,3,4,5);/q;;-1;;+2/p-1. The molecule has 4 rings (SSSR count). The van der Waals surface area contributed by atoms with Gasteiger partial charge in [-0.05, 0) is 49.4 Å². The fourth-order valence-electron chi connectivity index (χ4n) is 3.45. The molecule has 4 aromatic rings. The van der Waals surface area contributed by atoms with E-state index in [-0.39, 0.29) is 42.2 Å². The molecule has 0 amide bonds. The van der Waals surface area contributed by atoms with E-state index in [1.54, 1.807) is 0 Å². The molecule has 224 valence electrons. The van der Waals surface area contributed by atoms with Crippen LogP contribution in [0.25, 0.3) is 0 Å². The first-order valence-electron chi connectivity index (χ1n) is 11.4. The number of hydrogen-bond acceptors (Lipinski definition) is 4. The van der Waals surface area contributed by atoms with E-state index in [9.17, 15) is 13.2 Å². The van der Waals surface area contributed by atoms with Gasteiger partial charge >= 0.3 is 21.1 Å². The number of alkyl halides is 2. The molecule has 0 N–H and O–H groups in total. The molecule has 0 saturated carbocycles. The molecule has 41 heavy (non-hydrogen) atoms. The van der Waals surface area contributed by atoms with Crippen LogP contribution in [0.1, 0.15) is 0 Å². The summed E-state index contributed by atoms with van der Waals surface area (Å²) in [6, 6.07) is 44.2. The SMILES string of the molecule is ClCCl.F[C-](F)F.[O-][Cl+3]([O-])([O-])[O-].[Pt+2].c1ccc(P(CCP(c2ccccc2)c2ccccc2)c2ccccc2)cc1. The van der Waals surface area contributed by atoms with Crippen molar-refractivity contribution in [1.82, 2.24) is 0 Å². The first-order valence-corrected chi connectivity index (χ1v) is 16.7. The van der Waals surface area contributed by atoms with Gasteiger partial charge < -0.3 is 13.2 Å². The van der Waals surface area contributed by atoms with Gasteiger partial charge in [-0.25, -0.2) is 18.6 Å². The Balaban J connectivity index is 0.00000105. The summed E-state index contributed by atoms with van der Waals surface area (Å²) >= 11 is 9.53. The molecule has 0 atom stereocenters. The third-order valence-electron chi connectivity index (χ3n) is 4.82. The molecule has 0 heterocycles. The fraction of sp³-hybridized carbons (Fsp3) is 0.107. The molecule has 0 bridgehead atoms. The summed E-state index contributed by atoms with van der Waals surface area (Å²) in [6.45, 7) is -3.08. The monoisotopic (exact) mass is 845 g/mol. The van der Waals surface area contributed by atoms with Gasteiger partial charge in [-0.1, -0.05) is 121 Å². The van der Waals surface area contributed by atoms with Crippen LogP contribution in [0.15, 0.2) is 121 Å². The first kappa shape index (κ1) is 39.9. The van der Waals surface area contributed by atoms with Crippen molar-refractivity contribution in [3.05, 3.63) is 128 Å². The normalized spacial score (nSPS) is 10.3. The predicted octanol–water partition coefficient (Wildman–Crippen LogP) is 3.26. The van der Waals surface area contributed by atoms with Crippen molar-refractivity contribution in [2.24, 2.45) is 0 Å². The zero-order chi connectivity index (χ0) is 29.8. The molecule has 0 fully saturated rings. The minimum absolute atomic E-state index is 0. The molecular formula is C28H26Cl3F3O4P2Pt. The summed E-state index contributed by atoms with van der Waals surface area (Å²) in [4.78, 5) is 0. The van der Waals surface area contributed by atoms with Gasteiger partial charge in [-0.3, -0.25) is 0 Å². The smallest absolute Gasteiger partial charge is 0.385 e. The van der Waals surface area contributed by atoms with E-state index in [0.717, 1.165) is 0 Å². The van der Waals surface area contributed by atoms with Gasteiger partial charge in [0.15, 0.2) is 6.68 Å². The number of rotatable bonds is 7. The largest absolute Gasteiger partial charge is 2.00 e. The maximum absolute atomic E-state index is 9.58. The molecule has 0 spiro atoms. The molecule has 0 aromatic heterocycles. The van der Waals surface area contributed by atoms with Crippen molar-refractivity contribution in [2.75, 3.05) is 17.7 Å². The van der Waals surface area contributed by atoms with Crippen LogP contribution < -0.4 is 39.9 Å². The number of hydrogen-bond donors (Lipinski definition) is 0. The Morgan fingerprint density at radius 1 is 0.512 bits per heavy atom. The number of benzene rings is 4. The van der Waals surface area contributed by atoms with Gasteiger partial charge in [0.05, 0.1) is 5.34 Å². The third-order valence-corrected chi connectivity index (χ3v) is 10.2. The van der Waals surface area contributed by atoms with Crippen molar-refractivity contribution < 1.29 is 63.1 Å². The zero-order valence-corrected chi connectivity index (χ0v) is 27.6. The minimum Gasteiger partial charge on any atom is -0.385 e. The van der Waals surface area contributed by atoms with Crippen LogP contribution in [-0.4, -0.2) is 17.7 Å². The van der Waals surface area contributed by atoms with Crippen LogP contribution in [0.4, 0.5) is 13.2 Å². The fourth-order valence-corrected chi connectivity index (χ4v) is 8.80. The predicted molar refractivity (Wildman–Crippen MR) is 151 cm³/mol. The zero-order valence-electron chi connectivity index (χ0n) is 21.3. The van der Waals surface area contributed by atoms with E-state index in [2.05, 4.69) is 121 Å². The molecule has 4 aromatic carbocycles. The summed E-state index contributed by atoms with van der Waals surface area (Å²) in [6.07, 6.45) is 2.41. The van der Waals surface area contributed by atoms with Crippen LogP contribution >= 0.6 is 39.0 Å². The number of halogens is 6. The molecule has 4 nitrogen and oxygen atoms in total. The van der Waals surface area contributed by atoms with E-state index < -0.39 is 16.9 Å². The Morgan fingerprint density at radius 3 is 0.805 bits per heavy atom. The van der Waals surface area contributed by atoms with E-state index in [4.69, 9.17) is 41.8 Å². The van der Waals surface area contributed by atoms with Crippen molar-refractivity contribution in [3.63, 3.8) is 0 Å². The molecule has 0 saturated heterocycles. The molecule has 0 unspecified atom stereocenters. The van der Waals surface area contributed by atoms with Crippen molar-refractivity contribution >= 4 is 60.3 Å². The quantitative estimate of drug-likeness (QED) is 0.163. The maximum atomic E-state index is 9.58. The molecule has 0 aliphatic rings. The Kier molecular flexibility index (Phi) is 22.8. The van der Waals surface area contributed by atoms with E-state index in [1.165, 1.54) is 33.5 Å². The van der Waals surface area contributed by atoms with Gasteiger partial charge in [-0.15, -0.1) is 33.4 Å². The Labute approximate surface area is 267 Å². The molecule has 0 aliphatic carbocycles. The second kappa shape index (κ2) is 23.4. The Hall–Kier alpha value is -1.07. The van der Waals surface area contributed by atoms with Crippen molar-refractivity contribution in [2.45, 2.75) is 0 Å². The average Bonchev–Trinajstić information content (AvgIpc) is 2.92. The van der Waals surface area contributed by atoms with Gasteiger partial charge in [-0.2, -0.15) is 0 Å². The van der Waals surface area contributed by atoms with Crippen molar-refractivity contribution in [1.29, 1.82) is 0 Å². The second-order valence-corrected chi connectivity index (χ2v) is 13.6. The van der Waals surface area contributed by atoms with Crippen LogP contribution in [-0.2, 0) is 21.1 Å². The summed E-state index contributed by atoms with van der Waals surface area (Å²) < 4.78 is 62.7. The Morgan fingerprint density at radius 2 is 0.659 bits per heavy atom. The molecule has 13 heteroatoms. The maximum Gasteiger partial charge on any atom is 2.00 e. The van der Waals surface area contributed by atoms with Crippen LogP contribution in [0.3, 0.4) is 0 Å². The Bertz CT molecular complexity index is 985. The van der Waals surface area contributed by atoms with Crippen LogP contribution in [0.5, 0.6) is 0 Å². The van der Waals surface area contributed by atoms with E-state index in [1.807, 2.05) is 0 Å². The first-order chi connectivity index (χ1) is 19.1. The molecular weight excluding hydrogens is 821 g/mol. The van der Waals surface area contributed by atoms with E-state index >= 15 is 0 Å². The summed E-state index contributed by atoms with van der Waals surface area (Å²) in [5.41, 5.74) is 0. The summed E-state index contributed by atoms with van der Waals surface area (Å²) in [5, 5.41) is 6.08. The molecule has 0 radical (unpaired) electrons. The average molecular weight is 847 g/mol. The van der Waals surface area contributed by atoms with Crippen LogP contribution in [0, 0.1) is 16.9 Å². The summed E-state index contributed by atoms with van der Waals surface area (Å²) in [7, 11) is -5.64. The minimum atomic E-state index is -4.94. The van der Waals surface area contributed by atoms with Crippen LogP contribution in [0.2, 0.25) is 0 Å². The van der Waals surface area contributed by atoms with Gasteiger partial charge in [0, 0.05) is 0 Å².